The third-order valence-electron chi connectivity index (χ3n) is 3.53. The number of Topliss-reactive ketones (excluding diaryl/α,β-unsaturated/α-hetero) is 1. The summed E-state index contributed by atoms with van der Waals surface area (Å²) >= 11 is 1.50. The van der Waals surface area contributed by atoms with E-state index < -0.39 is 0 Å². The van der Waals surface area contributed by atoms with Crippen LogP contribution in [-0.4, -0.2) is 5.78 Å². The van der Waals surface area contributed by atoms with Crippen LogP contribution in [0.1, 0.15) is 16.1 Å². The maximum absolute atomic E-state index is 12.3. The van der Waals surface area contributed by atoms with Crippen LogP contribution < -0.4 is 0 Å². The van der Waals surface area contributed by atoms with Crippen molar-refractivity contribution in [3.05, 3.63) is 83.0 Å². The van der Waals surface area contributed by atoms with E-state index in [2.05, 4.69) is 0 Å². The summed E-state index contributed by atoms with van der Waals surface area (Å²) in [6.45, 7) is 0. The monoisotopic (exact) mass is 304 g/mol. The SMILES string of the molecule is O=C1/C(=C\c2ccc(-c3ccccc3)o2)Sc2ccccc21. The standard InChI is InChI=1S/C19H12O2S/c20-19-15-8-4-5-9-17(15)22-18(19)12-14-10-11-16(21-14)13-6-2-1-3-7-13/h1-12H/b18-12+. The zero-order valence-corrected chi connectivity index (χ0v) is 12.5. The van der Waals surface area contributed by atoms with Gasteiger partial charge in [0.05, 0.1) is 4.91 Å². The van der Waals surface area contributed by atoms with Gasteiger partial charge < -0.3 is 4.42 Å². The number of thioether (sulfide) groups is 1. The Kier molecular flexibility index (Phi) is 3.20. The number of furan rings is 1. The number of rotatable bonds is 2. The van der Waals surface area contributed by atoms with Gasteiger partial charge in [0.2, 0.25) is 5.78 Å². The van der Waals surface area contributed by atoms with Gasteiger partial charge in [-0.15, -0.1) is 0 Å². The van der Waals surface area contributed by atoms with E-state index in [1.54, 1.807) is 0 Å². The van der Waals surface area contributed by atoms with Crippen molar-refractivity contribution in [1.29, 1.82) is 0 Å². The fourth-order valence-electron chi connectivity index (χ4n) is 2.45. The predicted octanol–water partition coefficient (Wildman–Crippen LogP) is 5.28. The summed E-state index contributed by atoms with van der Waals surface area (Å²) in [6.07, 6.45) is 1.82. The number of carbonyl (C=O) groups excluding carboxylic acids is 1. The summed E-state index contributed by atoms with van der Waals surface area (Å²) in [4.78, 5) is 14.1. The molecule has 0 saturated carbocycles. The van der Waals surface area contributed by atoms with Gasteiger partial charge in [0.25, 0.3) is 0 Å². The zero-order chi connectivity index (χ0) is 14.9. The number of ketones is 1. The Hall–Kier alpha value is -2.52. The molecule has 0 radical (unpaired) electrons. The van der Waals surface area contributed by atoms with Gasteiger partial charge in [-0.25, -0.2) is 0 Å². The Balaban J connectivity index is 1.65. The lowest BCUT2D eigenvalue weighted by Gasteiger charge is -1.95. The normalized spacial score (nSPS) is 15.3. The van der Waals surface area contributed by atoms with Crippen molar-refractivity contribution in [1.82, 2.24) is 0 Å². The quantitative estimate of drug-likeness (QED) is 0.604. The first kappa shape index (κ1) is 13.2. The van der Waals surface area contributed by atoms with E-state index >= 15 is 0 Å². The minimum Gasteiger partial charge on any atom is -0.457 e. The molecule has 0 fully saturated rings. The van der Waals surface area contributed by atoms with Crippen molar-refractivity contribution in [3.63, 3.8) is 0 Å². The second-order valence-electron chi connectivity index (χ2n) is 5.00. The van der Waals surface area contributed by atoms with Crippen LogP contribution in [0.3, 0.4) is 0 Å². The summed E-state index contributed by atoms with van der Waals surface area (Å²) in [7, 11) is 0. The average molecular weight is 304 g/mol. The largest absolute Gasteiger partial charge is 0.457 e. The van der Waals surface area contributed by atoms with Gasteiger partial charge in [0, 0.05) is 16.0 Å². The second kappa shape index (κ2) is 5.35. The molecule has 0 aliphatic carbocycles. The summed E-state index contributed by atoms with van der Waals surface area (Å²) < 4.78 is 5.84. The van der Waals surface area contributed by atoms with Crippen molar-refractivity contribution >= 4 is 23.6 Å². The van der Waals surface area contributed by atoms with Crippen LogP contribution in [0, 0.1) is 0 Å². The number of carbonyl (C=O) groups is 1. The Bertz CT molecular complexity index is 875. The van der Waals surface area contributed by atoms with Gasteiger partial charge in [-0.3, -0.25) is 4.79 Å². The molecule has 0 saturated heterocycles. The molecule has 0 N–H and O–H groups in total. The van der Waals surface area contributed by atoms with Crippen molar-refractivity contribution in [2.75, 3.05) is 0 Å². The maximum Gasteiger partial charge on any atom is 0.200 e. The van der Waals surface area contributed by atoms with Crippen LogP contribution in [0.15, 0.2) is 80.9 Å². The highest BCUT2D eigenvalue weighted by Crippen LogP contribution is 2.40. The number of hydrogen-bond acceptors (Lipinski definition) is 3. The first-order valence-corrected chi connectivity index (χ1v) is 7.81. The van der Waals surface area contributed by atoms with E-state index in [-0.39, 0.29) is 5.78 Å². The lowest BCUT2D eigenvalue weighted by atomic mass is 10.1. The highest BCUT2D eigenvalue weighted by Gasteiger charge is 2.25. The molecule has 106 valence electrons. The number of benzene rings is 2. The molecule has 0 spiro atoms. The second-order valence-corrected chi connectivity index (χ2v) is 6.09. The zero-order valence-electron chi connectivity index (χ0n) is 11.7. The van der Waals surface area contributed by atoms with E-state index in [1.807, 2.05) is 72.8 Å². The molecule has 22 heavy (non-hydrogen) atoms. The van der Waals surface area contributed by atoms with Crippen molar-refractivity contribution < 1.29 is 9.21 Å². The minimum absolute atomic E-state index is 0.0678. The van der Waals surface area contributed by atoms with E-state index in [0.29, 0.717) is 10.7 Å². The molecule has 3 heteroatoms. The van der Waals surface area contributed by atoms with Crippen LogP contribution >= 0.6 is 11.8 Å². The molecule has 1 aromatic heterocycles. The van der Waals surface area contributed by atoms with Crippen molar-refractivity contribution in [2.24, 2.45) is 0 Å². The van der Waals surface area contributed by atoms with Gasteiger partial charge in [-0.05, 0) is 30.3 Å². The topological polar surface area (TPSA) is 30.2 Å². The Morgan fingerprint density at radius 1 is 0.864 bits per heavy atom. The smallest absolute Gasteiger partial charge is 0.200 e. The van der Waals surface area contributed by atoms with E-state index in [4.69, 9.17) is 4.42 Å². The van der Waals surface area contributed by atoms with E-state index in [0.717, 1.165) is 21.8 Å². The maximum atomic E-state index is 12.3. The lowest BCUT2D eigenvalue weighted by molar-refractivity contribution is 0.104. The number of fused-ring (bicyclic) bond motifs is 1. The predicted molar refractivity (Wildman–Crippen MR) is 88.8 cm³/mol. The van der Waals surface area contributed by atoms with E-state index in [1.165, 1.54) is 11.8 Å². The first-order chi connectivity index (χ1) is 10.8. The molecule has 0 bridgehead atoms. The third kappa shape index (κ3) is 2.30. The molecule has 2 nitrogen and oxygen atoms in total. The van der Waals surface area contributed by atoms with E-state index in [9.17, 15) is 4.79 Å². The number of hydrogen-bond donors (Lipinski definition) is 0. The highest BCUT2D eigenvalue weighted by atomic mass is 32.2. The van der Waals surface area contributed by atoms with Gasteiger partial charge in [-0.2, -0.15) is 0 Å². The first-order valence-electron chi connectivity index (χ1n) is 7.00. The fraction of sp³-hybridized carbons (Fsp3) is 0. The van der Waals surface area contributed by atoms with Gasteiger partial charge in [-0.1, -0.05) is 54.2 Å². The average Bonchev–Trinajstić information content (AvgIpc) is 3.15. The molecule has 1 aliphatic heterocycles. The Morgan fingerprint density at radius 2 is 1.64 bits per heavy atom. The lowest BCUT2D eigenvalue weighted by Crippen LogP contribution is -1.93. The molecule has 0 amide bonds. The molecule has 3 aromatic rings. The van der Waals surface area contributed by atoms with Crippen molar-refractivity contribution in [3.8, 4) is 11.3 Å². The van der Waals surface area contributed by atoms with Gasteiger partial charge >= 0.3 is 0 Å². The van der Waals surface area contributed by atoms with Crippen LogP contribution in [0.4, 0.5) is 0 Å². The minimum atomic E-state index is 0.0678. The summed E-state index contributed by atoms with van der Waals surface area (Å²) in [6, 6.07) is 21.4. The van der Waals surface area contributed by atoms with Gasteiger partial charge in [0.1, 0.15) is 11.5 Å². The fourth-order valence-corrected chi connectivity index (χ4v) is 3.48. The highest BCUT2D eigenvalue weighted by molar-refractivity contribution is 8.04. The Morgan fingerprint density at radius 3 is 2.45 bits per heavy atom. The molecule has 1 aliphatic rings. The summed E-state index contributed by atoms with van der Waals surface area (Å²) in [5.41, 5.74) is 1.80. The van der Waals surface area contributed by atoms with Crippen LogP contribution in [-0.2, 0) is 0 Å². The molecule has 0 unspecified atom stereocenters. The molecular formula is C19H12O2S. The molecule has 2 aromatic carbocycles. The third-order valence-corrected chi connectivity index (χ3v) is 4.63. The molecule has 0 atom stereocenters. The Labute approximate surface area is 132 Å². The number of allylic oxidation sites excluding steroid dienone is 1. The molecule has 2 heterocycles. The summed E-state index contributed by atoms with van der Waals surface area (Å²) in [5, 5.41) is 0. The summed E-state index contributed by atoms with van der Waals surface area (Å²) in [5.74, 6) is 1.57. The van der Waals surface area contributed by atoms with Crippen LogP contribution in [0.5, 0.6) is 0 Å². The van der Waals surface area contributed by atoms with Gasteiger partial charge in [0.15, 0.2) is 0 Å². The van der Waals surface area contributed by atoms with Crippen LogP contribution in [0.2, 0.25) is 0 Å². The molecule has 4 rings (SSSR count). The van der Waals surface area contributed by atoms with Crippen LogP contribution in [0.25, 0.3) is 17.4 Å². The van der Waals surface area contributed by atoms with Crippen molar-refractivity contribution in [2.45, 2.75) is 4.90 Å². The molecular weight excluding hydrogens is 292 g/mol.